The fourth-order valence-corrected chi connectivity index (χ4v) is 2.13. The van der Waals surface area contributed by atoms with E-state index in [2.05, 4.69) is 10.3 Å². The lowest BCUT2D eigenvalue weighted by Gasteiger charge is -2.38. The number of amides is 1. The molecule has 1 aromatic rings. The van der Waals surface area contributed by atoms with Crippen molar-refractivity contribution >= 4 is 11.9 Å². The third kappa shape index (κ3) is 3.32. The molecule has 1 saturated heterocycles. The van der Waals surface area contributed by atoms with Crippen LogP contribution in [0.2, 0.25) is 0 Å². The summed E-state index contributed by atoms with van der Waals surface area (Å²) in [6.07, 6.45) is 4.74. The Hall–Kier alpha value is -1.96. The highest BCUT2D eigenvalue weighted by atomic mass is 16.4. The molecule has 8 nitrogen and oxygen atoms in total. The van der Waals surface area contributed by atoms with E-state index in [1.807, 2.05) is 0 Å². The highest BCUT2D eigenvalue weighted by Gasteiger charge is 2.32. The molecule has 0 spiro atoms. The molecular formula is C12H19N5O3. The van der Waals surface area contributed by atoms with Crippen molar-refractivity contribution in [3.05, 3.63) is 11.9 Å². The highest BCUT2D eigenvalue weighted by Crippen LogP contribution is 2.21. The van der Waals surface area contributed by atoms with Crippen LogP contribution in [0, 0.1) is 0 Å². The van der Waals surface area contributed by atoms with Crippen LogP contribution >= 0.6 is 0 Å². The number of carboxylic acids is 1. The maximum absolute atomic E-state index is 11.8. The Bertz CT molecular complexity index is 481. The maximum Gasteiger partial charge on any atom is 0.358 e. The first-order valence-electron chi connectivity index (χ1n) is 6.74. The summed E-state index contributed by atoms with van der Waals surface area (Å²) < 4.78 is 1.52. The van der Waals surface area contributed by atoms with Crippen molar-refractivity contribution in [3.63, 3.8) is 0 Å². The molecule has 0 atom stereocenters. The van der Waals surface area contributed by atoms with Crippen LogP contribution < -0.4 is 5.73 Å². The molecule has 0 aromatic carbocycles. The van der Waals surface area contributed by atoms with E-state index in [-0.39, 0.29) is 17.6 Å². The zero-order chi connectivity index (χ0) is 14.5. The quantitative estimate of drug-likeness (QED) is 0.673. The number of unbranched alkanes of at least 4 members (excludes halogenated alkanes) is 2. The maximum atomic E-state index is 11.8. The van der Waals surface area contributed by atoms with Crippen molar-refractivity contribution in [1.29, 1.82) is 0 Å². The Labute approximate surface area is 116 Å². The van der Waals surface area contributed by atoms with Gasteiger partial charge in [0, 0.05) is 19.5 Å². The monoisotopic (exact) mass is 281 g/mol. The van der Waals surface area contributed by atoms with Crippen LogP contribution in [0.3, 0.4) is 0 Å². The number of hydrogen-bond acceptors (Lipinski definition) is 5. The summed E-state index contributed by atoms with van der Waals surface area (Å²) in [6, 6.07) is 0.0311. The van der Waals surface area contributed by atoms with Gasteiger partial charge in [-0.25, -0.2) is 9.48 Å². The third-order valence-corrected chi connectivity index (χ3v) is 3.41. The number of nitrogens with two attached hydrogens (primary N) is 1. The molecule has 0 aliphatic carbocycles. The predicted molar refractivity (Wildman–Crippen MR) is 70.1 cm³/mol. The van der Waals surface area contributed by atoms with Gasteiger partial charge >= 0.3 is 5.97 Å². The summed E-state index contributed by atoms with van der Waals surface area (Å²) in [5.41, 5.74) is 5.32. The second kappa shape index (κ2) is 6.47. The lowest BCUT2D eigenvalue weighted by Crippen LogP contribution is -2.50. The second-order valence-corrected chi connectivity index (χ2v) is 4.94. The van der Waals surface area contributed by atoms with Gasteiger partial charge in [0.05, 0.1) is 12.2 Å². The van der Waals surface area contributed by atoms with Crippen LogP contribution in [0.5, 0.6) is 0 Å². The van der Waals surface area contributed by atoms with Crippen LogP contribution in [0.25, 0.3) is 0 Å². The van der Waals surface area contributed by atoms with E-state index in [4.69, 9.17) is 10.8 Å². The first-order chi connectivity index (χ1) is 9.61. The normalized spacial score (nSPS) is 15.2. The summed E-state index contributed by atoms with van der Waals surface area (Å²) >= 11 is 0. The van der Waals surface area contributed by atoms with E-state index < -0.39 is 5.97 Å². The Kier molecular flexibility index (Phi) is 4.67. The Morgan fingerprint density at radius 2 is 2.10 bits per heavy atom. The number of carbonyl (C=O) groups excluding carboxylic acids is 1. The van der Waals surface area contributed by atoms with E-state index in [0.717, 1.165) is 19.3 Å². The van der Waals surface area contributed by atoms with E-state index in [9.17, 15) is 9.59 Å². The number of carbonyl (C=O) groups is 2. The average molecular weight is 281 g/mol. The molecule has 3 N–H and O–H groups in total. The molecule has 2 rings (SSSR count). The molecule has 0 radical (unpaired) electrons. The molecule has 0 saturated carbocycles. The smallest absolute Gasteiger partial charge is 0.358 e. The molecule has 0 bridgehead atoms. The largest absolute Gasteiger partial charge is 0.476 e. The first-order valence-corrected chi connectivity index (χ1v) is 6.74. The molecule has 2 heterocycles. The fraction of sp³-hybridized carbons (Fsp3) is 0.667. The summed E-state index contributed by atoms with van der Waals surface area (Å²) in [7, 11) is 0. The average Bonchev–Trinajstić information content (AvgIpc) is 2.82. The predicted octanol–water partition coefficient (Wildman–Crippen LogP) is -0.121. The summed E-state index contributed by atoms with van der Waals surface area (Å²) in [6.45, 7) is 1.80. The molecule has 20 heavy (non-hydrogen) atoms. The van der Waals surface area contributed by atoms with Crippen molar-refractivity contribution in [1.82, 2.24) is 19.9 Å². The molecule has 8 heteroatoms. The van der Waals surface area contributed by atoms with Gasteiger partial charge in [0.15, 0.2) is 5.69 Å². The molecule has 1 amide bonds. The van der Waals surface area contributed by atoms with Crippen molar-refractivity contribution in [2.45, 2.75) is 31.7 Å². The summed E-state index contributed by atoms with van der Waals surface area (Å²) in [5, 5.41) is 16.1. The van der Waals surface area contributed by atoms with Gasteiger partial charge in [-0.1, -0.05) is 11.6 Å². The van der Waals surface area contributed by atoms with Gasteiger partial charge in [0.2, 0.25) is 5.91 Å². The van der Waals surface area contributed by atoms with Crippen LogP contribution in [-0.2, 0) is 4.79 Å². The van der Waals surface area contributed by atoms with E-state index in [1.54, 1.807) is 4.90 Å². The number of aromatic carboxylic acids is 1. The van der Waals surface area contributed by atoms with Gasteiger partial charge in [-0.2, -0.15) is 0 Å². The topological polar surface area (TPSA) is 114 Å². The SMILES string of the molecule is NCCCCCC(=O)N1CC(n2cc(C(=O)O)nn2)C1. The zero-order valence-corrected chi connectivity index (χ0v) is 11.2. The van der Waals surface area contributed by atoms with E-state index >= 15 is 0 Å². The van der Waals surface area contributed by atoms with Gasteiger partial charge < -0.3 is 15.7 Å². The second-order valence-electron chi connectivity index (χ2n) is 4.94. The van der Waals surface area contributed by atoms with Crippen LogP contribution in [-0.4, -0.2) is 56.5 Å². The minimum atomic E-state index is -1.09. The van der Waals surface area contributed by atoms with Gasteiger partial charge in [-0.15, -0.1) is 5.10 Å². The zero-order valence-electron chi connectivity index (χ0n) is 11.2. The van der Waals surface area contributed by atoms with Crippen molar-refractivity contribution < 1.29 is 14.7 Å². The van der Waals surface area contributed by atoms with Crippen molar-refractivity contribution in [3.8, 4) is 0 Å². The van der Waals surface area contributed by atoms with Gasteiger partial charge in [-0.3, -0.25) is 4.79 Å². The van der Waals surface area contributed by atoms with Gasteiger partial charge in [0.1, 0.15) is 0 Å². The minimum absolute atomic E-state index is 0.0311. The van der Waals surface area contributed by atoms with Crippen LogP contribution in [0.1, 0.15) is 42.2 Å². The first kappa shape index (κ1) is 14.4. The van der Waals surface area contributed by atoms with Crippen molar-refractivity contribution in [2.75, 3.05) is 19.6 Å². The molecule has 0 unspecified atom stereocenters. The Morgan fingerprint density at radius 3 is 2.70 bits per heavy atom. The molecule has 110 valence electrons. The summed E-state index contributed by atoms with van der Waals surface area (Å²) in [5.74, 6) is -0.958. The van der Waals surface area contributed by atoms with E-state index in [0.29, 0.717) is 26.1 Å². The molecule has 1 aliphatic rings. The number of hydrogen-bond donors (Lipinski definition) is 2. The lowest BCUT2D eigenvalue weighted by molar-refractivity contribution is -0.137. The fourth-order valence-electron chi connectivity index (χ4n) is 2.13. The molecule has 1 aliphatic heterocycles. The Morgan fingerprint density at radius 1 is 1.35 bits per heavy atom. The number of nitrogens with zero attached hydrogens (tertiary/aromatic N) is 4. The van der Waals surface area contributed by atoms with Gasteiger partial charge in [-0.05, 0) is 19.4 Å². The number of aromatic nitrogens is 3. The van der Waals surface area contributed by atoms with Crippen LogP contribution in [0.15, 0.2) is 6.20 Å². The highest BCUT2D eigenvalue weighted by molar-refractivity contribution is 5.84. The third-order valence-electron chi connectivity index (χ3n) is 3.41. The standard InChI is InChI=1S/C12H19N5O3/c13-5-3-1-2-4-11(18)16-6-9(7-16)17-8-10(12(19)20)14-15-17/h8-9H,1-7,13H2,(H,19,20). The minimum Gasteiger partial charge on any atom is -0.476 e. The molecule has 1 fully saturated rings. The number of carboxylic acid groups (broad SMARTS) is 1. The molecular weight excluding hydrogens is 262 g/mol. The number of likely N-dealkylation sites (tertiary alicyclic amines) is 1. The van der Waals surface area contributed by atoms with Gasteiger partial charge in [0.25, 0.3) is 0 Å². The lowest BCUT2D eigenvalue weighted by atomic mass is 10.1. The number of rotatable bonds is 7. The van der Waals surface area contributed by atoms with Crippen molar-refractivity contribution in [2.24, 2.45) is 5.73 Å². The van der Waals surface area contributed by atoms with E-state index in [1.165, 1.54) is 10.9 Å². The molecule has 1 aromatic heterocycles. The summed E-state index contributed by atoms with van der Waals surface area (Å²) in [4.78, 5) is 24.3. The van der Waals surface area contributed by atoms with Crippen LogP contribution in [0.4, 0.5) is 0 Å². The Balaban J connectivity index is 1.73.